The molecule has 0 heterocycles. The fraction of sp³-hybridized carbons (Fsp3) is 0.375. The van der Waals surface area contributed by atoms with E-state index in [1.54, 1.807) is 0 Å². The zero-order chi connectivity index (χ0) is 11.5. The van der Waals surface area contributed by atoms with E-state index in [9.17, 15) is 18.0 Å². The summed E-state index contributed by atoms with van der Waals surface area (Å²) in [5, 5.41) is 8.31. The number of rotatable bonds is 2. The topological polar surface area (TPSA) is 37.3 Å². The fourth-order valence-corrected chi connectivity index (χ4v) is 0.742. The van der Waals surface area contributed by atoms with Gasteiger partial charge in [0, 0.05) is 10.6 Å². The molecule has 2 nitrogen and oxygen atoms in total. The van der Waals surface area contributed by atoms with Crippen molar-refractivity contribution in [2.45, 2.75) is 20.0 Å². The van der Waals surface area contributed by atoms with Crippen LogP contribution in [0.25, 0.3) is 0 Å². The molecule has 6 heteroatoms. The molecule has 0 unspecified atom stereocenters. The van der Waals surface area contributed by atoms with Gasteiger partial charge >= 0.3 is 12.1 Å². The number of carboxylic acid groups (broad SMARTS) is 1. The molecular formula is C8H8ClF3O2. The Morgan fingerprint density at radius 1 is 1.36 bits per heavy atom. The van der Waals surface area contributed by atoms with Crippen molar-refractivity contribution in [2.24, 2.45) is 0 Å². The van der Waals surface area contributed by atoms with Gasteiger partial charge in [-0.1, -0.05) is 11.6 Å². The van der Waals surface area contributed by atoms with Gasteiger partial charge in [0.15, 0.2) is 0 Å². The third-order valence-corrected chi connectivity index (χ3v) is 1.61. The highest BCUT2D eigenvalue weighted by Crippen LogP contribution is 2.26. The Hall–Kier alpha value is -0.970. The van der Waals surface area contributed by atoms with Crippen molar-refractivity contribution in [1.29, 1.82) is 0 Å². The highest BCUT2D eigenvalue weighted by atomic mass is 35.5. The molecular weight excluding hydrogens is 221 g/mol. The van der Waals surface area contributed by atoms with Crippen LogP contribution in [0.15, 0.2) is 22.3 Å². The van der Waals surface area contributed by atoms with Crippen molar-refractivity contribution < 1.29 is 23.1 Å². The first-order valence-electron chi connectivity index (χ1n) is 3.51. The molecule has 1 N–H and O–H groups in total. The molecule has 0 saturated carbocycles. The second-order valence-corrected chi connectivity index (χ2v) is 3.14. The lowest BCUT2D eigenvalue weighted by atomic mass is 10.1. The number of halogens is 4. The summed E-state index contributed by atoms with van der Waals surface area (Å²) in [6.07, 6.45) is -4.03. The Morgan fingerprint density at radius 2 is 1.79 bits per heavy atom. The van der Waals surface area contributed by atoms with Gasteiger partial charge < -0.3 is 5.11 Å². The maximum atomic E-state index is 12.0. The Kier molecular flexibility index (Phi) is 4.19. The summed E-state index contributed by atoms with van der Waals surface area (Å²) in [6, 6.07) is 0. The van der Waals surface area contributed by atoms with Crippen LogP contribution in [0.2, 0.25) is 0 Å². The maximum Gasteiger partial charge on any atom is 0.412 e. The second kappa shape index (κ2) is 4.50. The van der Waals surface area contributed by atoms with Crippen molar-refractivity contribution in [3.05, 3.63) is 22.3 Å². The fourth-order valence-electron chi connectivity index (χ4n) is 0.607. The van der Waals surface area contributed by atoms with Gasteiger partial charge in [-0.25, -0.2) is 4.79 Å². The molecule has 0 saturated heterocycles. The van der Waals surface area contributed by atoms with Crippen LogP contribution in [0, 0.1) is 0 Å². The lowest BCUT2D eigenvalue weighted by Gasteiger charge is -2.06. The van der Waals surface area contributed by atoms with Crippen LogP contribution in [0.1, 0.15) is 13.8 Å². The Morgan fingerprint density at radius 3 is 2.00 bits per heavy atom. The molecule has 0 bridgehead atoms. The van der Waals surface area contributed by atoms with Crippen LogP contribution in [-0.2, 0) is 4.79 Å². The minimum absolute atomic E-state index is 0.193. The highest BCUT2D eigenvalue weighted by Gasteiger charge is 2.30. The molecule has 14 heavy (non-hydrogen) atoms. The van der Waals surface area contributed by atoms with E-state index < -0.39 is 23.3 Å². The number of aliphatic carboxylic acids is 1. The van der Waals surface area contributed by atoms with Crippen LogP contribution in [0.4, 0.5) is 13.2 Å². The zero-order valence-electron chi connectivity index (χ0n) is 7.44. The van der Waals surface area contributed by atoms with E-state index in [1.165, 1.54) is 6.92 Å². The Balaban J connectivity index is 5.16. The highest BCUT2D eigenvalue weighted by molar-refractivity contribution is 6.31. The van der Waals surface area contributed by atoms with Gasteiger partial charge in [0.25, 0.3) is 0 Å². The number of carbonyl (C=O) groups is 1. The summed E-state index contributed by atoms with van der Waals surface area (Å²) in [7, 11) is 0. The average molecular weight is 229 g/mol. The standard InChI is InChI=1S/C8H8ClF3O2/c1-4(8(10,11)12)3-6(5(2)9)7(13)14/h3H,1-2H3,(H,13,14)/b4-3+,6-5-. The average Bonchev–Trinajstić information content (AvgIpc) is 1.96. The molecule has 0 rings (SSSR count). The summed E-state index contributed by atoms with van der Waals surface area (Å²) in [5.41, 5.74) is -1.56. The Bertz CT molecular complexity index is 298. The first-order valence-corrected chi connectivity index (χ1v) is 3.89. The predicted molar refractivity (Wildman–Crippen MR) is 46.0 cm³/mol. The summed E-state index contributed by atoms with van der Waals surface area (Å²) in [6.45, 7) is 1.99. The number of carboxylic acids is 1. The number of hydrogen-bond acceptors (Lipinski definition) is 1. The SMILES string of the molecule is C/C(Cl)=C(\C=C(/C)C(F)(F)F)C(=O)O. The van der Waals surface area contributed by atoms with Gasteiger partial charge in [0.1, 0.15) is 0 Å². The molecule has 0 aromatic carbocycles. The van der Waals surface area contributed by atoms with Gasteiger partial charge in [-0.2, -0.15) is 13.2 Å². The third kappa shape index (κ3) is 3.83. The molecule has 0 spiro atoms. The number of alkyl halides is 3. The van der Waals surface area contributed by atoms with E-state index in [2.05, 4.69) is 0 Å². The van der Waals surface area contributed by atoms with E-state index >= 15 is 0 Å². The van der Waals surface area contributed by atoms with Crippen molar-refractivity contribution in [1.82, 2.24) is 0 Å². The van der Waals surface area contributed by atoms with E-state index in [4.69, 9.17) is 16.7 Å². The van der Waals surface area contributed by atoms with Gasteiger partial charge in [-0.15, -0.1) is 0 Å². The van der Waals surface area contributed by atoms with E-state index in [1.807, 2.05) is 0 Å². The van der Waals surface area contributed by atoms with Gasteiger partial charge in [0.2, 0.25) is 0 Å². The normalized spacial score (nSPS) is 15.1. The molecule has 0 aliphatic rings. The molecule has 0 aliphatic carbocycles. The number of allylic oxidation sites excluding steroid dienone is 2. The van der Waals surface area contributed by atoms with Crippen molar-refractivity contribution in [2.75, 3.05) is 0 Å². The van der Waals surface area contributed by atoms with Gasteiger partial charge in [-0.3, -0.25) is 0 Å². The lowest BCUT2D eigenvalue weighted by Crippen LogP contribution is -2.11. The maximum absolute atomic E-state index is 12.0. The summed E-state index contributed by atoms with van der Waals surface area (Å²) < 4.78 is 36.0. The first-order chi connectivity index (χ1) is 6.16. The Labute approximate surface area is 83.7 Å². The van der Waals surface area contributed by atoms with Crippen molar-refractivity contribution >= 4 is 17.6 Å². The largest absolute Gasteiger partial charge is 0.478 e. The molecule has 0 aromatic rings. The number of hydrogen-bond donors (Lipinski definition) is 1. The first kappa shape index (κ1) is 13.0. The van der Waals surface area contributed by atoms with Crippen LogP contribution >= 0.6 is 11.6 Å². The molecule has 0 amide bonds. The molecule has 0 radical (unpaired) electrons. The predicted octanol–water partition coefficient (Wildman–Crippen LogP) is 3.09. The molecule has 0 aromatic heterocycles. The van der Waals surface area contributed by atoms with Crippen LogP contribution in [0.5, 0.6) is 0 Å². The van der Waals surface area contributed by atoms with E-state index in [-0.39, 0.29) is 5.03 Å². The summed E-state index contributed by atoms with van der Waals surface area (Å²) in [4.78, 5) is 10.4. The quantitative estimate of drug-likeness (QED) is 0.583. The molecule has 0 atom stereocenters. The van der Waals surface area contributed by atoms with E-state index in [0.29, 0.717) is 6.08 Å². The van der Waals surface area contributed by atoms with Crippen LogP contribution in [0.3, 0.4) is 0 Å². The summed E-state index contributed by atoms with van der Waals surface area (Å²) >= 11 is 5.32. The van der Waals surface area contributed by atoms with Crippen LogP contribution in [-0.4, -0.2) is 17.3 Å². The van der Waals surface area contributed by atoms with Gasteiger partial charge in [0.05, 0.1) is 5.57 Å². The monoisotopic (exact) mass is 228 g/mol. The lowest BCUT2D eigenvalue weighted by molar-refractivity contribution is -0.132. The smallest absolute Gasteiger partial charge is 0.412 e. The summed E-state index contributed by atoms with van der Waals surface area (Å²) in [5.74, 6) is -1.49. The van der Waals surface area contributed by atoms with Crippen molar-refractivity contribution in [3.8, 4) is 0 Å². The molecule has 0 aliphatic heterocycles. The minimum Gasteiger partial charge on any atom is -0.478 e. The minimum atomic E-state index is -4.53. The molecule has 0 fully saturated rings. The second-order valence-electron chi connectivity index (χ2n) is 2.58. The van der Waals surface area contributed by atoms with Gasteiger partial charge in [-0.05, 0) is 19.9 Å². The third-order valence-electron chi connectivity index (χ3n) is 1.41. The van der Waals surface area contributed by atoms with E-state index in [0.717, 1.165) is 6.92 Å². The zero-order valence-corrected chi connectivity index (χ0v) is 8.20. The molecule has 80 valence electrons. The van der Waals surface area contributed by atoms with Crippen LogP contribution < -0.4 is 0 Å². The van der Waals surface area contributed by atoms with Crippen molar-refractivity contribution in [3.63, 3.8) is 0 Å².